The summed E-state index contributed by atoms with van der Waals surface area (Å²) in [6, 6.07) is 15.7. The van der Waals surface area contributed by atoms with E-state index in [1.165, 1.54) is 23.1 Å². The van der Waals surface area contributed by atoms with Crippen molar-refractivity contribution in [3.05, 3.63) is 75.8 Å². The Morgan fingerprint density at radius 3 is 2.55 bits per heavy atom. The van der Waals surface area contributed by atoms with Crippen LogP contribution < -0.4 is 0 Å². The van der Waals surface area contributed by atoms with E-state index in [9.17, 15) is 25.0 Å². The molecule has 0 bridgehead atoms. The minimum Gasteiger partial charge on any atom is -0.465 e. The van der Waals surface area contributed by atoms with E-state index in [1.54, 1.807) is 37.3 Å². The van der Waals surface area contributed by atoms with E-state index in [4.69, 9.17) is 4.74 Å². The fourth-order valence-electron chi connectivity index (χ4n) is 3.71. The van der Waals surface area contributed by atoms with Gasteiger partial charge < -0.3 is 9.64 Å². The minimum atomic E-state index is -1.87. The Morgan fingerprint density at radius 2 is 1.93 bits per heavy atom. The number of hydrogen-bond acceptors (Lipinski definition) is 6. The molecule has 1 aliphatic rings. The summed E-state index contributed by atoms with van der Waals surface area (Å²) >= 11 is 0. The molecule has 0 unspecified atom stereocenters. The van der Waals surface area contributed by atoms with E-state index in [2.05, 4.69) is 0 Å². The zero-order valence-electron chi connectivity index (χ0n) is 15.8. The van der Waals surface area contributed by atoms with Crippen LogP contribution in [-0.4, -0.2) is 28.3 Å². The number of rotatable bonds is 6. The summed E-state index contributed by atoms with van der Waals surface area (Å²) in [6.07, 6.45) is -0.397. The van der Waals surface area contributed by atoms with Gasteiger partial charge in [-0.15, -0.1) is 0 Å². The number of nitriles is 1. The molecule has 0 spiro atoms. The maximum atomic E-state index is 12.9. The zero-order chi connectivity index (χ0) is 21.0. The first-order chi connectivity index (χ1) is 13.9. The molecule has 29 heavy (non-hydrogen) atoms. The highest BCUT2D eigenvalue weighted by molar-refractivity contribution is 5.93. The number of nitro groups is 1. The van der Waals surface area contributed by atoms with Gasteiger partial charge in [0.05, 0.1) is 35.6 Å². The van der Waals surface area contributed by atoms with Crippen LogP contribution >= 0.6 is 0 Å². The van der Waals surface area contributed by atoms with Gasteiger partial charge in [0.25, 0.3) is 5.69 Å². The van der Waals surface area contributed by atoms with Gasteiger partial charge in [-0.25, -0.2) is 0 Å². The monoisotopic (exact) mass is 393 g/mol. The van der Waals surface area contributed by atoms with Crippen molar-refractivity contribution in [3.63, 3.8) is 0 Å². The molecule has 0 N–H and O–H groups in total. The van der Waals surface area contributed by atoms with Crippen molar-refractivity contribution >= 4 is 17.6 Å². The molecule has 2 aromatic carbocycles. The molecule has 0 aliphatic carbocycles. The smallest absolute Gasteiger partial charge is 0.329 e. The standard InChI is InChI=1S/C21H19N3O5/c1-2-29-20(26)21(14-22)12-18(25)23(13-15-8-4-3-5-9-15)19(21)16-10-6-7-11-17(16)24(27)28/h3-11,19H,2,12-13H2,1H3/t19-,21-/m0/s1. The summed E-state index contributed by atoms with van der Waals surface area (Å²) in [6.45, 7) is 1.74. The number of nitro benzene ring substituents is 1. The Hall–Kier alpha value is -3.73. The van der Waals surface area contributed by atoms with Crippen LogP contribution in [0.25, 0.3) is 0 Å². The second kappa shape index (κ2) is 8.10. The molecule has 2 atom stereocenters. The number of esters is 1. The summed E-state index contributed by atoms with van der Waals surface area (Å²) in [7, 11) is 0. The molecule has 1 saturated heterocycles. The highest BCUT2D eigenvalue weighted by Gasteiger charge is 2.60. The van der Waals surface area contributed by atoms with Crippen LogP contribution in [0.1, 0.15) is 30.5 Å². The second-order valence-electron chi connectivity index (χ2n) is 6.71. The molecular weight excluding hydrogens is 374 g/mol. The first-order valence-corrected chi connectivity index (χ1v) is 9.09. The Kier molecular flexibility index (Phi) is 5.59. The number of likely N-dealkylation sites (tertiary alicyclic amines) is 1. The van der Waals surface area contributed by atoms with E-state index in [0.29, 0.717) is 0 Å². The zero-order valence-corrected chi connectivity index (χ0v) is 15.8. The van der Waals surface area contributed by atoms with Gasteiger partial charge in [-0.2, -0.15) is 5.26 Å². The SMILES string of the molecule is CCOC(=O)[C@]1(C#N)CC(=O)N(Cc2ccccc2)[C@H]1c1ccccc1[N+](=O)[O-]. The van der Waals surface area contributed by atoms with E-state index in [1.807, 2.05) is 12.1 Å². The number of carbonyl (C=O) groups excluding carboxylic acids is 2. The quantitative estimate of drug-likeness (QED) is 0.423. The maximum Gasteiger partial charge on any atom is 0.329 e. The summed E-state index contributed by atoms with van der Waals surface area (Å²) in [5.41, 5.74) is -1.21. The van der Waals surface area contributed by atoms with Crippen molar-refractivity contribution in [1.29, 1.82) is 5.26 Å². The minimum absolute atomic E-state index is 0.0265. The topological polar surface area (TPSA) is 114 Å². The normalized spacial score (nSPS) is 20.9. The number of ether oxygens (including phenoxy) is 1. The largest absolute Gasteiger partial charge is 0.465 e. The molecule has 8 nitrogen and oxygen atoms in total. The van der Waals surface area contributed by atoms with Crippen molar-refractivity contribution in [2.24, 2.45) is 5.41 Å². The highest BCUT2D eigenvalue weighted by atomic mass is 16.6. The molecule has 1 heterocycles. The molecule has 1 aliphatic heterocycles. The van der Waals surface area contributed by atoms with Crippen LogP contribution in [0.3, 0.4) is 0 Å². The van der Waals surface area contributed by atoms with E-state index < -0.39 is 34.7 Å². The number of carbonyl (C=O) groups is 2. The lowest BCUT2D eigenvalue weighted by atomic mass is 9.77. The molecule has 0 radical (unpaired) electrons. The molecule has 8 heteroatoms. The van der Waals surface area contributed by atoms with Crippen molar-refractivity contribution < 1.29 is 19.2 Å². The van der Waals surface area contributed by atoms with Crippen LogP contribution in [-0.2, 0) is 20.9 Å². The van der Waals surface area contributed by atoms with Gasteiger partial charge in [0.15, 0.2) is 5.41 Å². The van der Waals surface area contributed by atoms with Crippen LogP contribution in [0.15, 0.2) is 54.6 Å². The lowest BCUT2D eigenvalue weighted by Gasteiger charge is -2.31. The predicted octanol–water partition coefficient (Wildman–Crippen LogP) is 3.14. The van der Waals surface area contributed by atoms with E-state index >= 15 is 0 Å². The summed E-state index contributed by atoms with van der Waals surface area (Å²) in [4.78, 5) is 38.1. The number of amides is 1. The Morgan fingerprint density at radius 1 is 1.28 bits per heavy atom. The third-order valence-corrected chi connectivity index (χ3v) is 4.99. The van der Waals surface area contributed by atoms with Crippen molar-refractivity contribution in [1.82, 2.24) is 4.90 Å². The average Bonchev–Trinajstić information content (AvgIpc) is 3.01. The molecule has 1 amide bonds. The number of para-hydroxylation sites is 1. The van der Waals surface area contributed by atoms with E-state index in [0.717, 1.165) is 5.56 Å². The molecule has 0 aromatic heterocycles. The van der Waals surface area contributed by atoms with Gasteiger partial charge in [-0.1, -0.05) is 42.5 Å². The number of benzene rings is 2. The van der Waals surface area contributed by atoms with Crippen molar-refractivity contribution in [2.45, 2.75) is 25.9 Å². The van der Waals surface area contributed by atoms with E-state index in [-0.39, 0.29) is 24.4 Å². The Balaban J connectivity index is 2.18. The number of nitrogens with zero attached hydrogens (tertiary/aromatic N) is 3. The fraction of sp³-hybridized carbons (Fsp3) is 0.286. The first-order valence-electron chi connectivity index (χ1n) is 9.09. The summed E-state index contributed by atoms with van der Waals surface area (Å²) in [5, 5.41) is 21.6. The third kappa shape index (κ3) is 3.55. The third-order valence-electron chi connectivity index (χ3n) is 4.99. The molecule has 148 valence electrons. The predicted molar refractivity (Wildman–Crippen MR) is 102 cm³/mol. The molecular formula is C21H19N3O5. The van der Waals surface area contributed by atoms with Crippen molar-refractivity contribution in [2.75, 3.05) is 6.61 Å². The Labute approximate surface area is 167 Å². The van der Waals surface area contributed by atoms with Gasteiger partial charge in [-0.3, -0.25) is 19.7 Å². The first kappa shape index (κ1) is 20.0. The maximum absolute atomic E-state index is 12.9. The molecule has 0 saturated carbocycles. The lowest BCUT2D eigenvalue weighted by Crippen LogP contribution is -2.39. The second-order valence-corrected chi connectivity index (χ2v) is 6.71. The van der Waals surface area contributed by atoms with Gasteiger partial charge >= 0.3 is 5.97 Å². The highest BCUT2D eigenvalue weighted by Crippen LogP contribution is 2.51. The van der Waals surface area contributed by atoms with Gasteiger partial charge in [-0.05, 0) is 18.6 Å². The molecule has 2 aromatic rings. The van der Waals surface area contributed by atoms with Crippen molar-refractivity contribution in [3.8, 4) is 6.07 Å². The Bertz CT molecular complexity index is 985. The van der Waals surface area contributed by atoms with Gasteiger partial charge in [0.1, 0.15) is 0 Å². The van der Waals surface area contributed by atoms with Crippen LogP contribution in [0.4, 0.5) is 5.69 Å². The van der Waals surface area contributed by atoms with Crippen LogP contribution in [0.5, 0.6) is 0 Å². The number of hydrogen-bond donors (Lipinski definition) is 0. The fourth-order valence-corrected chi connectivity index (χ4v) is 3.71. The molecule has 1 fully saturated rings. The van der Waals surface area contributed by atoms with Crippen LogP contribution in [0, 0.1) is 26.9 Å². The average molecular weight is 393 g/mol. The van der Waals surface area contributed by atoms with Crippen LogP contribution in [0.2, 0.25) is 0 Å². The lowest BCUT2D eigenvalue weighted by molar-refractivity contribution is -0.386. The summed E-state index contributed by atoms with van der Waals surface area (Å²) < 4.78 is 5.11. The van der Waals surface area contributed by atoms with Gasteiger partial charge in [0.2, 0.25) is 5.91 Å². The van der Waals surface area contributed by atoms with Gasteiger partial charge in [0, 0.05) is 12.6 Å². The molecule has 3 rings (SSSR count). The summed E-state index contributed by atoms with van der Waals surface area (Å²) in [5.74, 6) is -1.29.